The Balaban J connectivity index is 1.96. The molecule has 5 nitrogen and oxygen atoms in total. The van der Waals surface area contributed by atoms with Crippen LogP contribution in [0.3, 0.4) is 0 Å². The molecule has 0 radical (unpaired) electrons. The fraction of sp³-hybridized carbons (Fsp3) is 0.120. The molecule has 0 aromatic heterocycles. The van der Waals surface area contributed by atoms with Crippen LogP contribution in [0.2, 0.25) is 0 Å². The number of hydrogen-bond acceptors (Lipinski definition) is 5. The Bertz CT molecular complexity index is 1080. The minimum absolute atomic E-state index is 0.0885. The van der Waals surface area contributed by atoms with Crippen LogP contribution in [0, 0.1) is 0 Å². The Kier molecular flexibility index (Phi) is 6.65. The summed E-state index contributed by atoms with van der Waals surface area (Å²) in [6.07, 6.45) is 3.77. The van der Waals surface area contributed by atoms with E-state index in [4.69, 9.17) is 14.2 Å². The summed E-state index contributed by atoms with van der Waals surface area (Å²) in [5.41, 5.74) is 2.27. The highest BCUT2D eigenvalue weighted by Gasteiger charge is 2.21. The van der Waals surface area contributed by atoms with Gasteiger partial charge in [-0.3, -0.25) is 4.79 Å². The van der Waals surface area contributed by atoms with Crippen molar-refractivity contribution in [3.63, 3.8) is 0 Å². The van der Waals surface area contributed by atoms with Crippen LogP contribution >= 0.6 is 0 Å². The average Bonchev–Trinajstić information content (AvgIpc) is 2.77. The van der Waals surface area contributed by atoms with Crippen LogP contribution in [0.1, 0.15) is 38.8 Å². The molecule has 0 saturated heterocycles. The highest BCUT2D eigenvalue weighted by Crippen LogP contribution is 2.35. The first-order chi connectivity index (χ1) is 14.5. The number of methoxy groups -OCH3 is 2. The lowest BCUT2D eigenvalue weighted by molar-refractivity contribution is 0.0732. The van der Waals surface area contributed by atoms with E-state index in [-0.39, 0.29) is 22.8 Å². The summed E-state index contributed by atoms with van der Waals surface area (Å²) in [5, 5.41) is 0. The maximum absolute atomic E-state index is 13.0. The number of ketones is 1. The first-order valence-corrected chi connectivity index (χ1v) is 9.34. The average molecular weight is 402 g/mol. The Hall–Kier alpha value is -3.86. The van der Waals surface area contributed by atoms with Gasteiger partial charge < -0.3 is 14.2 Å². The molecule has 3 aromatic rings. The van der Waals surface area contributed by atoms with Crippen LogP contribution in [0.25, 0.3) is 12.2 Å². The third-order valence-corrected chi connectivity index (χ3v) is 4.49. The van der Waals surface area contributed by atoms with Crippen molar-refractivity contribution in [3.8, 4) is 17.2 Å². The van der Waals surface area contributed by atoms with E-state index in [1.165, 1.54) is 27.2 Å². The summed E-state index contributed by atoms with van der Waals surface area (Å²) < 4.78 is 16.1. The summed E-state index contributed by atoms with van der Waals surface area (Å²) >= 11 is 0. The third kappa shape index (κ3) is 4.75. The van der Waals surface area contributed by atoms with Crippen molar-refractivity contribution in [1.29, 1.82) is 0 Å². The minimum Gasteiger partial charge on any atom is -0.496 e. The lowest BCUT2D eigenvalue weighted by atomic mass is 10.1. The first-order valence-electron chi connectivity index (χ1n) is 9.34. The van der Waals surface area contributed by atoms with Crippen LogP contribution < -0.4 is 14.2 Å². The Morgan fingerprint density at radius 1 is 0.800 bits per heavy atom. The van der Waals surface area contributed by atoms with E-state index in [1.54, 1.807) is 18.2 Å². The first kappa shape index (κ1) is 20.9. The molecule has 0 amide bonds. The summed E-state index contributed by atoms with van der Waals surface area (Å²) in [7, 11) is 2.92. The van der Waals surface area contributed by atoms with E-state index in [0.29, 0.717) is 16.9 Å². The van der Waals surface area contributed by atoms with Gasteiger partial charge in [-0.1, -0.05) is 60.7 Å². The highest BCUT2D eigenvalue weighted by atomic mass is 16.5. The number of esters is 1. The van der Waals surface area contributed by atoms with Gasteiger partial charge >= 0.3 is 5.97 Å². The molecule has 0 spiro atoms. The molecule has 0 aliphatic heterocycles. The number of carbonyl (C=O) groups is 2. The SMILES string of the molecule is COc1cc(OC)c(C(C)=O)c(OC(=O)c2ccccc2/C=C/c2ccccc2)c1. The zero-order valence-corrected chi connectivity index (χ0v) is 17.0. The second kappa shape index (κ2) is 9.56. The van der Waals surface area contributed by atoms with E-state index < -0.39 is 5.97 Å². The van der Waals surface area contributed by atoms with E-state index in [1.807, 2.05) is 54.6 Å². The molecule has 0 atom stereocenters. The van der Waals surface area contributed by atoms with Crippen LogP contribution in [-0.4, -0.2) is 26.0 Å². The van der Waals surface area contributed by atoms with Gasteiger partial charge in [-0.25, -0.2) is 4.79 Å². The molecule has 0 heterocycles. The number of rotatable bonds is 7. The molecule has 0 fully saturated rings. The van der Waals surface area contributed by atoms with Crippen molar-refractivity contribution < 1.29 is 23.8 Å². The quantitative estimate of drug-likeness (QED) is 0.232. The topological polar surface area (TPSA) is 61.8 Å². The summed E-state index contributed by atoms with van der Waals surface area (Å²) in [6, 6.07) is 20.0. The maximum atomic E-state index is 13.0. The van der Waals surface area contributed by atoms with Crippen LogP contribution in [0.4, 0.5) is 0 Å². The molecule has 5 heteroatoms. The zero-order valence-electron chi connectivity index (χ0n) is 17.0. The minimum atomic E-state index is -0.582. The molecule has 3 aromatic carbocycles. The standard InChI is InChI=1S/C25H22O5/c1-17(26)24-22(29-3)15-20(28-2)16-23(24)30-25(27)21-12-8-7-11-19(21)14-13-18-9-5-4-6-10-18/h4-16H,1-3H3/b14-13+. The van der Waals surface area contributed by atoms with Gasteiger partial charge in [-0.15, -0.1) is 0 Å². The Labute approximate surface area is 175 Å². The smallest absolute Gasteiger partial charge is 0.344 e. The highest BCUT2D eigenvalue weighted by molar-refractivity contribution is 6.02. The predicted molar refractivity (Wildman–Crippen MR) is 116 cm³/mol. The van der Waals surface area contributed by atoms with Crippen molar-refractivity contribution in [2.24, 2.45) is 0 Å². The number of hydrogen-bond donors (Lipinski definition) is 0. The van der Waals surface area contributed by atoms with Crippen molar-refractivity contribution in [2.45, 2.75) is 6.92 Å². The molecule has 0 aliphatic carbocycles. The molecule has 0 N–H and O–H groups in total. The van der Waals surface area contributed by atoms with Gasteiger partial charge in [0.15, 0.2) is 5.78 Å². The molecule has 3 rings (SSSR count). The van der Waals surface area contributed by atoms with E-state index in [0.717, 1.165) is 5.56 Å². The largest absolute Gasteiger partial charge is 0.496 e. The number of Topliss-reactive ketones (excluding diaryl/α,β-unsaturated/α-hetero) is 1. The van der Waals surface area contributed by atoms with Crippen molar-refractivity contribution >= 4 is 23.9 Å². The molecule has 0 aliphatic rings. The van der Waals surface area contributed by atoms with Crippen molar-refractivity contribution in [2.75, 3.05) is 14.2 Å². The van der Waals surface area contributed by atoms with Crippen molar-refractivity contribution in [3.05, 3.63) is 89.0 Å². The number of benzene rings is 3. The van der Waals surface area contributed by atoms with Crippen molar-refractivity contribution in [1.82, 2.24) is 0 Å². The van der Waals surface area contributed by atoms with Gasteiger partial charge in [0.1, 0.15) is 22.8 Å². The number of carbonyl (C=O) groups excluding carboxylic acids is 2. The zero-order chi connectivity index (χ0) is 21.5. The summed E-state index contributed by atoms with van der Waals surface area (Å²) in [6.45, 7) is 1.39. The van der Waals surface area contributed by atoms with Gasteiger partial charge in [0.05, 0.1) is 19.8 Å². The lowest BCUT2D eigenvalue weighted by Gasteiger charge is -2.14. The van der Waals surface area contributed by atoms with E-state index >= 15 is 0 Å². The summed E-state index contributed by atoms with van der Waals surface area (Å²) in [5.74, 6) is -0.0833. The molecular weight excluding hydrogens is 380 g/mol. The third-order valence-electron chi connectivity index (χ3n) is 4.49. The fourth-order valence-corrected chi connectivity index (χ4v) is 3.01. The van der Waals surface area contributed by atoms with E-state index in [2.05, 4.69) is 0 Å². The second-order valence-corrected chi connectivity index (χ2v) is 6.48. The second-order valence-electron chi connectivity index (χ2n) is 6.48. The Morgan fingerprint density at radius 3 is 2.13 bits per heavy atom. The van der Waals surface area contributed by atoms with Gasteiger partial charge in [0.2, 0.25) is 0 Å². The monoisotopic (exact) mass is 402 g/mol. The molecular formula is C25H22O5. The molecule has 0 unspecified atom stereocenters. The molecule has 0 saturated carbocycles. The van der Waals surface area contributed by atoms with E-state index in [9.17, 15) is 9.59 Å². The van der Waals surface area contributed by atoms with Crippen LogP contribution in [-0.2, 0) is 0 Å². The van der Waals surface area contributed by atoms with Gasteiger partial charge in [0, 0.05) is 12.1 Å². The maximum Gasteiger partial charge on any atom is 0.344 e. The molecule has 152 valence electrons. The van der Waals surface area contributed by atoms with Gasteiger partial charge in [-0.2, -0.15) is 0 Å². The molecule has 30 heavy (non-hydrogen) atoms. The number of ether oxygens (including phenoxy) is 3. The Morgan fingerprint density at radius 2 is 1.47 bits per heavy atom. The fourth-order valence-electron chi connectivity index (χ4n) is 3.01. The van der Waals surface area contributed by atoms with Gasteiger partial charge in [-0.05, 0) is 24.1 Å². The predicted octanol–water partition coefficient (Wildman–Crippen LogP) is 5.30. The molecule has 0 bridgehead atoms. The normalized spacial score (nSPS) is 10.6. The van der Waals surface area contributed by atoms with Crippen LogP contribution in [0.15, 0.2) is 66.7 Å². The van der Waals surface area contributed by atoms with Crippen LogP contribution in [0.5, 0.6) is 17.2 Å². The summed E-state index contributed by atoms with van der Waals surface area (Å²) in [4.78, 5) is 25.1. The van der Waals surface area contributed by atoms with Gasteiger partial charge in [0.25, 0.3) is 0 Å². The lowest BCUT2D eigenvalue weighted by Crippen LogP contribution is -2.13.